The molecular formula is C25H25F3N2O3S2. The van der Waals surface area contributed by atoms with Gasteiger partial charge >= 0.3 is 6.18 Å². The molecular weight excluding hydrogens is 497 g/mol. The summed E-state index contributed by atoms with van der Waals surface area (Å²) < 4.78 is 67.2. The minimum atomic E-state index is -4.66. The van der Waals surface area contributed by atoms with Gasteiger partial charge in [0.2, 0.25) is 5.91 Å². The maximum absolute atomic E-state index is 13.3. The van der Waals surface area contributed by atoms with Gasteiger partial charge in [0.15, 0.2) is 0 Å². The molecule has 3 aromatic carbocycles. The lowest BCUT2D eigenvalue weighted by atomic mass is 10.2. The zero-order valence-electron chi connectivity index (χ0n) is 19.0. The van der Waals surface area contributed by atoms with E-state index in [4.69, 9.17) is 0 Å². The number of rotatable bonds is 10. The SMILES string of the molecule is Cc1ccc(S(=O)(=O)N(CC(=O)NCCSCc2ccccc2)c2cccc(C(F)(F)F)c2)cc1. The predicted octanol–water partition coefficient (Wildman–Crippen LogP) is 5.26. The maximum atomic E-state index is 13.3. The van der Waals surface area contributed by atoms with Crippen molar-refractivity contribution in [1.29, 1.82) is 0 Å². The van der Waals surface area contributed by atoms with Crippen LogP contribution in [0.2, 0.25) is 0 Å². The van der Waals surface area contributed by atoms with Gasteiger partial charge in [-0.15, -0.1) is 0 Å². The summed E-state index contributed by atoms with van der Waals surface area (Å²) in [6.07, 6.45) is -4.66. The Bertz CT molecular complexity index is 1230. The molecule has 1 N–H and O–H groups in total. The number of thioether (sulfide) groups is 1. The molecule has 0 aliphatic rings. The van der Waals surface area contributed by atoms with Crippen molar-refractivity contribution in [2.45, 2.75) is 23.7 Å². The Balaban J connectivity index is 1.74. The first kappa shape index (κ1) is 26.6. The van der Waals surface area contributed by atoms with Gasteiger partial charge < -0.3 is 5.32 Å². The minimum Gasteiger partial charge on any atom is -0.354 e. The van der Waals surface area contributed by atoms with Crippen molar-refractivity contribution in [3.63, 3.8) is 0 Å². The Morgan fingerprint density at radius 3 is 2.31 bits per heavy atom. The van der Waals surface area contributed by atoms with Crippen LogP contribution in [-0.4, -0.2) is 33.2 Å². The number of hydrogen-bond acceptors (Lipinski definition) is 4. The van der Waals surface area contributed by atoms with Crippen LogP contribution in [0.3, 0.4) is 0 Å². The summed E-state index contributed by atoms with van der Waals surface area (Å²) in [6, 6.07) is 19.6. The van der Waals surface area contributed by atoms with E-state index in [1.807, 2.05) is 30.3 Å². The van der Waals surface area contributed by atoms with Crippen molar-refractivity contribution in [1.82, 2.24) is 5.32 Å². The summed E-state index contributed by atoms with van der Waals surface area (Å²) in [7, 11) is -4.30. The number of alkyl halides is 3. The normalized spacial score (nSPS) is 11.8. The molecule has 0 saturated heterocycles. The van der Waals surface area contributed by atoms with E-state index in [2.05, 4.69) is 5.32 Å². The average molecular weight is 523 g/mol. The van der Waals surface area contributed by atoms with E-state index >= 15 is 0 Å². The number of nitrogens with one attached hydrogen (secondary N) is 1. The Labute approximate surface area is 207 Å². The summed E-state index contributed by atoms with van der Waals surface area (Å²) in [5.74, 6) is 0.738. The summed E-state index contributed by atoms with van der Waals surface area (Å²) in [5.41, 5.74) is 0.717. The van der Waals surface area contributed by atoms with Gasteiger partial charge in [0, 0.05) is 18.1 Å². The second-order valence-corrected chi connectivity index (χ2v) is 10.7. The third kappa shape index (κ3) is 7.50. The molecule has 0 unspecified atom stereocenters. The van der Waals surface area contributed by atoms with Crippen LogP contribution < -0.4 is 9.62 Å². The molecule has 186 valence electrons. The van der Waals surface area contributed by atoms with E-state index in [0.717, 1.165) is 35.1 Å². The highest BCUT2D eigenvalue weighted by Crippen LogP contribution is 2.33. The van der Waals surface area contributed by atoms with Gasteiger partial charge in [0.25, 0.3) is 10.0 Å². The highest BCUT2D eigenvalue weighted by molar-refractivity contribution is 7.98. The number of nitrogens with zero attached hydrogens (tertiary/aromatic N) is 1. The van der Waals surface area contributed by atoms with Crippen molar-refractivity contribution < 1.29 is 26.4 Å². The Morgan fingerprint density at radius 2 is 1.66 bits per heavy atom. The highest BCUT2D eigenvalue weighted by Gasteiger charge is 2.33. The number of anilines is 1. The maximum Gasteiger partial charge on any atom is 0.416 e. The molecule has 0 spiro atoms. The lowest BCUT2D eigenvalue weighted by Crippen LogP contribution is -2.41. The lowest BCUT2D eigenvalue weighted by Gasteiger charge is -2.25. The van der Waals surface area contributed by atoms with E-state index in [1.54, 1.807) is 30.8 Å². The molecule has 0 fully saturated rings. The van der Waals surface area contributed by atoms with Gasteiger partial charge in [-0.25, -0.2) is 8.42 Å². The molecule has 0 aromatic heterocycles. The topological polar surface area (TPSA) is 66.5 Å². The third-order valence-corrected chi connectivity index (χ3v) is 7.86. The van der Waals surface area contributed by atoms with Crippen LogP contribution in [-0.2, 0) is 26.7 Å². The quantitative estimate of drug-likeness (QED) is 0.369. The largest absolute Gasteiger partial charge is 0.416 e. The van der Waals surface area contributed by atoms with E-state index in [1.165, 1.54) is 18.2 Å². The molecule has 0 heterocycles. The minimum absolute atomic E-state index is 0.119. The Kier molecular flexibility index (Phi) is 8.85. The average Bonchev–Trinajstić information content (AvgIpc) is 2.83. The van der Waals surface area contributed by atoms with Crippen molar-refractivity contribution in [3.8, 4) is 0 Å². The fourth-order valence-electron chi connectivity index (χ4n) is 3.20. The summed E-state index contributed by atoms with van der Waals surface area (Å²) >= 11 is 1.60. The highest BCUT2D eigenvalue weighted by atomic mass is 32.2. The van der Waals surface area contributed by atoms with E-state index in [9.17, 15) is 26.4 Å². The standard InChI is InChI=1S/C25H25F3N2O3S2/c1-19-10-12-23(13-11-19)35(32,33)30(22-9-5-8-21(16-22)25(26,27)28)17-24(31)29-14-15-34-18-20-6-3-2-4-7-20/h2-13,16H,14-15,17-18H2,1H3,(H,29,31). The van der Waals surface area contributed by atoms with Crippen LogP contribution in [0.1, 0.15) is 16.7 Å². The first-order valence-corrected chi connectivity index (χ1v) is 13.3. The molecule has 0 aliphatic heterocycles. The molecule has 35 heavy (non-hydrogen) atoms. The van der Waals surface area contributed by atoms with Crippen LogP contribution >= 0.6 is 11.8 Å². The van der Waals surface area contributed by atoms with Gasteiger partial charge in [-0.2, -0.15) is 24.9 Å². The van der Waals surface area contributed by atoms with Crippen LogP contribution in [0.25, 0.3) is 0 Å². The molecule has 10 heteroatoms. The monoisotopic (exact) mass is 522 g/mol. The number of halogens is 3. The van der Waals surface area contributed by atoms with Gasteiger partial charge in [0.05, 0.1) is 16.1 Å². The zero-order valence-corrected chi connectivity index (χ0v) is 20.6. The molecule has 1 amide bonds. The molecule has 0 atom stereocenters. The number of aryl methyl sites for hydroxylation is 1. The number of carbonyl (C=O) groups excluding carboxylic acids is 1. The van der Waals surface area contributed by atoms with Crippen molar-refractivity contribution in [2.75, 3.05) is 23.1 Å². The van der Waals surface area contributed by atoms with Gasteiger partial charge in [-0.05, 0) is 42.8 Å². The number of benzene rings is 3. The van der Waals surface area contributed by atoms with Crippen molar-refractivity contribution >= 4 is 33.4 Å². The summed E-state index contributed by atoms with van der Waals surface area (Å²) in [4.78, 5) is 12.5. The summed E-state index contributed by atoms with van der Waals surface area (Å²) in [6.45, 7) is 1.42. The molecule has 5 nitrogen and oxygen atoms in total. The second-order valence-electron chi connectivity index (χ2n) is 7.76. The Hall–Kier alpha value is -2.98. The zero-order chi connectivity index (χ0) is 25.5. The molecule has 0 bridgehead atoms. The summed E-state index contributed by atoms with van der Waals surface area (Å²) in [5, 5.41) is 2.66. The predicted molar refractivity (Wildman–Crippen MR) is 133 cm³/mol. The fraction of sp³-hybridized carbons (Fsp3) is 0.240. The molecule has 3 rings (SSSR count). The number of sulfonamides is 1. The third-order valence-electron chi connectivity index (χ3n) is 5.04. The van der Waals surface area contributed by atoms with Crippen LogP contribution in [0.5, 0.6) is 0 Å². The second kappa shape index (κ2) is 11.6. The Morgan fingerprint density at radius 1 is 0.971 bits per heavy atom. The fourth-order valence-corrected chi connectivity index (χ4v) is 5.43. The first-order valence-electron chi connectivity index (χ1n) is 10.7. The lowest BCUT2D eigenvalue weighted by molar-refractivity contribution is -0.137. The molecule has 0 saturated carbocycles. The van der Waals surface area contributed by atoms with Crippen LogP contribution in [0.15, 0.2) is 83.8 Å². The van der Waals surface area contributed by atoms with Gasteiger partial charge in [-0.1, -0.05) is 54.1 Å². The van der Waals surface area contributed by atoms with Gasteiger partial charge in [-0.3, -0.25) is 9.10 Å². The van der Waals surface area contributed by atoms with Crippen LogP contribution in [0.4, 0.5) is 18.9 Å². The number of hydrogen-bond donors (Lipinski definition) is 1. The van der Waals surface area contributed by atoms with E-state index in [-0.39, 0.29) is 17.1 Å². The van der Waals surface area contributed by atoms with E-state index in [0.29, 0.717) is 10.1 Å². The van der Waals surface area contributed by atoms with Crippen LogP contribution in [0, 0.1) is 6.92 Å². The van der Waals surface area contributed by atoms with Crippen molar-refractivity contribution in [2.24, 2.45) is 0 Å². The molecule has 3 aromatic rings. The van der Waals surface area contributed by atoms with Crippen molar-refractivity contribution in [3.05, 3.63) is 95.6 Å². The van der Waals surface area contributed by atoms with E-state index < -0.39 is 34.2 Å². The smallest absolute Gasteiger partial charge is 0.354 e. The molecule has 0 aliphatic carbocycles. The number of carbonyl (C=O) groups is 1. The molecule has 0 radical (unpaired) electrons. The van der Waals surface area contributed by atoms with Gasteiger partial charge in [0.1, 0.15) is 6.54 Å². The number of amides is 1. The first-order chi connectivity index (χ1) is 16.6.